The number of hydrogen-bond donors (Lipinski definition) is 0. The van der Waals surface area contributed by atoms with E-state index in [1.807, 2.05) is 18.2 Å². The molecule has 4 rings (SSSR count). The second kappa shape index (κ2) is 11.7. The van der Waals surface area contributed by atoms with Gasteiger partial charge in [0.2, 0.25) is 0 Å². The summed E-state index contributed by atoms with van der Waals surface area (Å²) in [6.07, 6.45) is 3.14. The molecule has 0 N–H and O–H groups in total. The summed E-state index contributed by atoms with van der Waals surface area (Å²) in [6.45, 7) is 3.98. The smallest absolute Gasteiger partial charge is 0.294 e. The van der Waals surface area contributed by atoms with Gasteiger partial charge in [-0.05, 0) is 53.7 Å². The number of thioether (sulfide) groups is 1. The molecule has 1 fully saturated rings. The van der Waals surface area contributed by atoms with Crippen LogP contribution in [0.15, 0.2) is 80.8 Å². The molecule has 7 nitrogen and oxygen atoms in total. The number of nitrogens with zero attached hydrogens (tertiary/aromatic N) is 2. The zero-order chi connectivity index (χ0) is 26.6. The average Bonchev–Trinajstić information content (AvgIpc) is 3.43. The van der Waals surface area contributed by atoms with Crippen LogP contribution in [0.4, 0.5) is 0 Å². The summed E-state index contributed by atoms with van der Waals surface area (Å²) >= 11 is 14.0. The maximum Gasteiger partial charge on any atom is 0.294 e. The van der Waals surface area contributed by atoms with Crippen LogP contribution in [-0.4, -0.2) is 38.0 Å². The maximum absolute atomic E-state index is 13.1. The molecule has 3 aromatic rings. The number of ether oxygens (including phenoxy) is 2. The molecule has 192 valence electrons. The Hall–Kier alpha value is -2.76. The van der Waals surface area contributed by atoms with Crippen molar-refractivity contribution < 1.29 is 22.7 Å². The number of thiophene rings is 1. The van der Waals surface area contributed by atoms with Crippen molar-refractivity contribution in [1.82, 2.24) is 4.90 Å². The number of halogens is 2. The lowest BCUT2D eigenvalue weighted by Crippen LogP contribution is -2.29. The molecule has 0 bridgehead atoms. The molecule has 0 saturated carbocycles. The number of carbonyl (C=O) groups excluding carboxylic acids is 1. The van der Waals surface area contributed by atoms with E-state index in [-0.39, 0.29) is 22.5 Å². The Morgan fingerprint density at radius 1 is 1.11 bits per heavy atom. The fourth-order valence-corrected chi connectivity index (χ4v) is 7.11. The zero-order valence-corrected chi connectivity index (χ0v) is 23.3. The van der Waals surface area contributed by atoms with Crippen LogP contribution >= 0.6 is 46.3 Å². The fourth-order valence-electron chi connectivity index (χ4n) is 3.27. The number of rotatable bonds is 9. The highest BCUT2D eigenvalue weighted by molar-refractivity contribution is 8.19. The summed E-state index contributed by atoms with van der Waals surface area (Å²) in [7, 11) is -2.52. The van der Waals surface area contributed by atoms with Crippen LogP contribution in [0.3, 0.4) is 0 Å². The van der Waals surface area contributed by atoms with Gasteiger partial charge >= 0.3 is 0 Å². The molecule has 1 aromatic heterocycles. The van der Waals surface area contributed by atoms with Crippen LogP contribution in [-0.2, 0) is 21.4 Å². The van der Waals surface area contributed by atoms with Crippen LogP contribution < -0.4 is 9.47 Å². The van der Waals surface area contributed by atoms with Gasteiger partial charge in [-0.1, -0.05) is 53.5 Å². The molecule has 0 aliphatic carbocycles. The number of hydrogen-bond acceptors (Lipinski definition) is 7. The third kappa shape index (κ3) is 6.39. The van der Waals surface area contributed by atoms with Crippen molar-refractivity contribution in [2.45, 2.75) is 10.8 Å². The summed E-state index contributed by atoms with van der Waals surface area (Å²) in [5.74, 6) is 0.578. The minimum absolute atomic E-state index is 0.00973. The molecule has 1 amide bonds. The summed E-state index contributed by atoms with van der Waals surface area (Å²) in [5, 5.41) is 0.617. The molecule has 1 saturated heterocycles. The van der Waals surface area contributed by atoms with Crippen LogP contribution in [0.2, 0.25) is 9.36 Å². The van der Waals surface area contributed by atoms with E-state index in [1.165, 1.54) is 30.2 Å². The van der Waals surface area contributed by atoms with Gasteiger partial charge in [0.15, 0.2) is 16.7 Å². The Labute approximate surface area is 233 Å². The van der Waals surface area contributed by atoms with E-state index in [2.05, 4.69) is 11.0 Å². The van der Waals surface area contributed by atoms with Crippen molar-refractivity contribution in [3.63, 3.8) is 0 Å². The van der Waals surface area contributed by atoms with E-state index in [9.17, 15) is 13.2 Å². The normalized spacial score (nSPS) is 16.0. The topological polar surface area (TPSA) is 85.3 Å². The van der Waals surface area contributed by atoms with Crippen molar-refractivity contribution in [1.29, 1.82) is 0 Å². The lowest BCUT2D eigenvalue weighted by atomic mass is 10.1. The van der Waals surface area contributed by atoms with E-state index in [1.54, 1.807) is 30.3 Å². The standard InChI is InChI=1S/C25H20Cl2N2O5S3/c1-3-12-29-24(30)21(35-25(29)28-37(31,32)23-11-10-22(27)36-23)14-16-8-9-19(33-2)20(13-16)34-15-17-6-4-5-7-18(17)26/h3-11,13-14H,1,12,15H2,2H3. The van der Waals surface area contributed by atoms with Gasteiger partial charge in [-0.2, -0.15) is 8.42 Å². The Balaban J connectivity index is 1.63. The first-order valence-corrected chi connectivity index (χ1v) is 14.5. The molecule has 0 atom stereocenters. The van der Waals surface area contributed by atoms with Crippen molar-refractivity contribution in [3.05, 3.63) is 92.6 Å². The molecule has 37 heavy (non-hydrogen) atoms. The van der Waals surface area contributed by atoms with Gasteiger partial charge < -0.3 is 9.47 Å². The number of carbonyl (C=O) groups is 1. The second-order valence-corrected chi connectivity index (χ2v) is 12.5. The summed E-state index contributed by atoms with van der Waals surface area (Å²) in [4.78, 5) is 14.7. The maximum atomic E-state index is 13.1. The molecule has 0 unspecified atom stereocenters. The number of methoxy groups -OCH3 is 1. The quantitative estimate of drug-likeness (QED) is 0.208. The minimum Gasteiger partial charge on any atom is -0.493 e. The molecular weight excluding hydrogens is 575 g/mol. The second-order valence-electron chi connectivity index (χ2n) is 7.51. The highest BCUT2D eigenvalue weighted by Gasteiger charge is 2.34. The highest BCUT2D eigenvalue weighted by Crippen LogP contribution is 2.36. The highest BCUT2D eigenvalue weighted by atomic mass is 35.5. The molecule has 1 aliphatic rings. The number of amidine groups is 1. The molecule has 0 spiro atoms. The molecule has 2 aromatic carbocycles. The van der Waals surface area contributed by atoms with Gasteiger partial charge in [0.25, 0.3) is 15.9 Å². The molecular formula is C25H20Cl2N2O5S3. The number of benzene rings is 2. The Kier molecular flexibility index (Phi) is 8.66. The monoisotopic (exact) mass is 594 g/mol. The largest absolute Gasteiger partial charge is 0.493 e. The lowest BCUT2D eigenvalue weighted by Gasteiger charge is -2.13. The predicted molar refractivity (Wildman–Crippen MR) is 150 cm³/mol. The van der Waals surface area contributed by atoms with E-state index in [0.29, 0.717) is 31.3 Å². The van der Waals surface area contributed by atoms with E-state index < -0.39 is 15.9 Å². The first kappa shape index (κ1) is 27.3. The molecule has 0 radical (unpaired) electrons. The van der Waals surface area contributed by atoms with Crippen molar-refractivity contribution in [2.24, 2.45) is 4.40 Å². The minimum atomic E-state index is -4.05. The molecule has 1 aliphatic heterocycles. The van der Waals surface area contributed by atoms with Crippen LogP contribution in [0.5, 0.6) is 11.5 Å². The van der Waals surface area contributed by atoms with E-state index in [0.717, 1.165) is 28.7 Å². The Morgan fingerprint density at radius 3 is 2.57 bits per heavy atom. The summed E-state index contributed by atoms with van der Waals surface area (Å²) in [5.41, 5.74) is 1.46. The first-order chi connectivity index (χ1) is 17.7. The van der Waals surface area contributed by atoms with Crippen LogP contribution in [0, 0.1) is 0 Å². The van der Waals surface area contributed by atoms with Gasteiger partial charge in [0.1, 0.15) is 10.8 Å². The van der Waals surface area contributed by atoms with Crippen LogP contribution in [0.25, 0.3) is 6.08 Å². The van der Waals surface area contributed by atoms with E-state index >= 15 is 0 Å². The summed E-state index contributed by atoms with van der Waals surface area (Å²) in [6, 6.07) is 15.4. The van der Waals surface area contributed by atoms with Gasteiger partial charge in [-0.3, -0.25) is 9.69 Å². The predicted octanol–water partition coefficient (Wildman–Crippen LogP) is 6.49. The Morgan fingerprint density at radius 2 is 1.89 bits per heavy atom. The van der Waals surface area contributed by atoms with Crippen molar-refractivity contribution in [3.8, 4) is 11.5 Å². The van der Waals surface area contributed by atoms with Crippen molar-refractivity contribution >= 4 is 73.5 Å². The third-order valence-corrected chi connectivity index (χ3v) is 9.48. The van der Waals surface area contributed by atoms with Crippen molar-refractivity contribution in [2.75, 3.05) is 13.7 Å². The summed E-state index contributed by atoms with van der Waals surface area (Å²) < 4.78 is 41.2. The molecule has 2 heterocycles. The first-order valence-electron chi connectivity index (χ1n) is 10.7. The number of amides is 1. The SMILES string of the molecule is C=CCN1C(=O)C(=Cc2ccc(OC)c(OCc3ccccc3Cl)c2)SC1=NS(=O)(=O)c1ccc(Cl)s1. The van der Waals surface area contributed by atoms with Gasteiger partial charge in [0, 0.05) is 17.1 Å². The fraction of sp³-hybridized carbons (Fsp3) is 0.120. The van der Waals surface area contributed by atoms with Gasteiger partial charge in [-0.25, -0.2) is 0 Å². The molecule has 12 heteroatoms. The van der Waals surface area contributed by atoms with E-state index in [4.69, 9.17) is 32.7 Å². The average molecular weight is 596 g/mol. The van der Waals surface area contributed by atoms with Gasteiger partial charge in [0.05, 0.1) is 16.4 Å². The van der Waals surface area contributed by atoms with Crippen LogP contribution in [0.1, 0.15) is 11.1 Å². The van der Waals surface area contributed by atoms with Gasteiger partial charge in [-0.15, -0.1) is 22.3 Å². The zero-order valence-electron chi connectivity index (χ0n) is 19.4. The third-order valence-electron chi connectivity index (χ3n) is 5.03. The lowest BCUT2D eigenvalue weighted by molar-refractivity contribution is -0.121. The Bertz CT molecular complexity index is 1520. The number of sulfonamides is 1.